The number of carboxylic acids is 1. The normalized spacial score (nSPS) is 44.9. The molecule has 3 fully saturated rings. The molecule has 0 heterocycles. The minimum Gasteiger partial charge on any atom is -0.480 e. The van der Waals surface area contributed by atoms with E-state index in [1.807, 2.05) is 0 Å². The smallest absolute Gasteiger partial charge is 0.326 e. The van der Waals surface area contributed by atoms with Gasteiger partial charge in [-0.2, -0.15) is 0 Å². The third-order valence-electron chi connectivity index (χ3n) is 9.67. The Bertz CT molecular complexity index is 821. The Morgan fingerprint density at radius 1 is 1.13 bits per heavy atom. The van der Waals surface area contributed by atoms with Gasteiger partial charge in [0.15, 0.2) is 0 Å². The van der Waals surface area contributed by atoms with E-state index in [0.717, 1.165) is 38.5 Å². The number of amides is 1. The largest absolute Gasteiger partial charge is 0.480 e. The number of hydrogen-bond donors (Lipinski definition) is 3. The summed E-state index contributed by atoms with van der Waals surface area (Å²) in [6.07, 6.45) is 8.26. The highest BCUT2D eigenvalue weighted by molar-refractivity contribution is 5.85. The fourth-order valence-corrected chi connectivity index (χ4v) is 8.40. The van der Waals surface area contributed by atoms with Crippen LogP contribution in [0, 0.1) is 40.4 Å². The predicted molar refractivity (Wildman–Crippen MR) is 116 cm³/mol. The molecule has 4 rings (SSSR count). The summed E-state index contributed by atoms with van der Waals surface area (Å²) in [4.78, 5) is 36.7. The quantitative estimate of drug-likeness (QED) is 0.593. The van der Waals surface area contributed by atoms with E-state index in [1.54, 1.807) is 6.92 Å². The lowest BCUT2D eigenvalue weighted by atomic mass is 9.47. The van der Waals surface area contributed by atoms with Crippen molar-refractivity contribution in [2.75, 3.05) is 0 Å². The van der Waals surface area contributed by atoms with Crippen molar-refractivity contribution in [3.05, 3.63) is 11.6 Å². The lowest BCUT2D eigenvalue weighted by Gasteiger charge is -2.57. The number of aliphatic hydroxyl groups excluding tert-OH is 1. The van der Waals surface area contributed by atoms with Gasteiger partial charge in [-0.3, -0.25) is 9.59 Å². The summed E-state index contributed by atoms with van der Waals surface area (Å²) >= 11 is 0. The molecule has 3 unspecified atom stereocenters. The molecule has 0 aromatic rings. The summed E-state index contributed by atoms with van der Waals surface area (Å²) in [5.74, 6) is -0.909. The first-order valence-corrected chi connectivity index (χ1v) is 11.9. The molecular weight excluding hydrogens is 394 g/mol. The minimum absolute atomic E-state index is 0.0455. The summed E-state index contributed by atoms with van der Waals surface area (Å²) < 4.78 is 0. The van der Waals surface area contributed by atoms with Crippen LogP contribution in [0.4, 0.5) is 0 Å². The molecule has 3 saturated carbocycles. The fourth-order valence-electron chi connectivity index (χ4n) is 8.40. The Hall–Kier alpha value is -1.69. The molecule has 1 amide bonds. The first kappa shape index (κ1) is 22.5. The van der Waals surface area contributed by atoms with Gasteiger partial charge in [-0.25, -0.2) is 4.79 Å². The molecule has 0 saturated heterocycles. The lowest BCUT2D eigenvalue weighted by Crippen LogP contribution is -2.51. The van der Waals surface area contributed by atoms with Gasteiger partial charge < -0.3 is 15.5 Å². The molecule has 31 heavy (non-hydrogen) atoms. The highest BCUT2D eigenvalue weighted by atomic mass is 16.4. The number of hydrogen-bond acceptors (Lipinski definition) is 4. The van der Waals surface area contributed by atoms with Gasteiger partial charge in [-0.15, -0.1) is 0 Å². The number of aliphatic hydroxyl groups is 1. The zero-order valence-electron chi connectivity index (χ0n) is 19.2. The number of carbonyl (C=O) groups excluding carboxylic acids is 2. The molecule has 172 valence electrons. The third-order valence-corrected chi connectivity index (χ3v) is 9.67. The van der Waals surface area contributed by atoms with Crippen LogP contribution in [0.5, 0.6) is 0 Å². The number of carbonyl (C=O) groups is 3. The summed E-state index contributed by atoms with van der Waals surface area (Å²) in [7, 11) is 0. The maximum Gasteiger partial charge on any atom is 0.326 e. The van der Waals surface area contributed by atoms with Gasteiger partial charge in [0.2, 0.25) is 5.91 Å². The SMILES string of the molecule is CC(=O)NC(C(=O)O)C1C[C@H]2[C@@H]3CC=C4CC(O)CC[C@]4(C)[C@H]3CC[C@]2(C)[C@H]1C(C)=O. The minimum atomic E-state index is -1.05. The van der Waals surface area contributed by atoms with Crippen LogP contribution in [0.3, 0.4) is 0 Å². The maximum absolute atomic E-state index is 12.9. The number of nitrogens with one attached hydrogen (secondary N) is 1. The number of Topliss-reactive ketones (excluding diaryl/α,β-unsaturated/α-hetero) is 1. The maximum atomic E-state index is 12.9. The number of fused-ring (bicyclic) bond motifs is 5. The highest BCUT2D eigenvalue weighted by Gasteiger charge is 2.63. The van der Waals surface area contributed by atoms with Gasteiger partial charge in [0, 0.05) is 18.8 Å². The van der Waals surface area contributed by atoms with Crippen molar-refractivity contribution in [1.29, 1.82) is 0 Å². The van der Waals surface area contributed by atoms with Crippen LogP contribution in [0.15, 0.2) is 11.6 Å². The molecule has 6 nitrogen and oxygen atoms in total. The summed E-state index contributed by atoms with van der Waals surface area (Å²) in [6.45, 7) is 7.48. The topological polar surface area (TPSA) is 104 Å². The van der Waals surface area contributed by atoms with Gasteiger partial charge in [0.05, 0.1) is 6.10 Å². The van der Waals surface area contributed by atoms with Crippen molar-refractivity contribution in [1.82, 2.24) is 5.32 Å². The Balaban J connectivity index is 1.70. The van der Waals surface area contributed by atoms with Crippen molar-refractivity contribution in [3.8, 4) is 0 Å². The molecule has 0 aliphatic heterocycles. The number of aliphatic carboxylic acids is 1. The molecule has 3 N–H and O–H groups in total. The monoisotopic (exact) mass is 431 g/mol. The Labute approximate surface area is 184 Å². The van der Waals surface area contributed by atoms with Crippen LogP contribution >= 0.6 is 0 Å². The van der Waals surface area contributed by atoms with E-state index in [1.165, 1.54) is 12.5 Å². The van der Waals surface area contributed by atoms with E-state index in [2.05, 4.69) is 25.2 Å². The van der Waals surface area contributed by atoms with Gasteiger partial charge in [0.1, 0.15) is 11.8 Å². The van der Waals surface area contributed by atoms with Crippen LogP contribution in [0.2, 0.25) is 0 Å². The van der Waals surface area contributed by atoms with Crippen LogP contribution in [0.1, 0.15) is 72.6 Å². The van der Waals surface area contributed by atoms with Crippen LogP contribution in [-0.4, -0.2) is 40.0 Å². The van der Waals surface area contributed by atoms with E-state index in [0.29, 0.717) is 18.3 Å². The Morgan fingerprint density at radius 3 is 2.45 bits per heavy atom. The van der Waals surface area contributed by atoms with E-state index < -0.39 is 12.0 Å². The highest BCUT2D eigenvalue weighted by Crippen LogP contribution is 2.67. The molecule has 0 radical (unpaired) electrons. The van der Waals surface area contributed by atoms with Crippen molar-refractivity contribution >= 4 is 17.7 Å². The average molecular weight is 432 g/mol. The molecule has 9 atom stereocenters. The number of rotatable bonds is 4. The zero-order chi connectivity index (χ0) is 22.7. The number of ketones is 1. The lowest BCUT2D eigenvalue weighted by molar-refractivity contribution is -0.144. The van der Waals surface area contributed by atoms with E-state index in [4.69, 9.17) is 0 Å². The number of carboxylic acid groups (broad SMARTS) is 1. The summed E-state index contributed by atoms with van der Waals surface area (Å²) in [6, 6.07) is -1.03. The molecule has 6 heteroatoms. The Morgan fingerprint density at radius 2 is 1.84 bits per heavy atom. The van der Waals surface area contributed by atoms with Gasteiger partial charge in [-0.1, -0.05) is 25.5 Å². The van der Waals surface area contributed by atoms with Gasteiger partial charge in [0.25, 0.3) is 0 Å². The molecule has 0 bridgehead atoms. The second kappa shape index (κ2) is 7.72. The van der Waals surface area contributed by atoms with Crippen LogP contribution < -0.4 is 5.32 Å². The van der Waals surface area contributed by atoms with Crippen molar-refractivity contribution in [2.45, 2.75) is 84.8 Å². The first-order valence-electron chi connectivity index (χ1n) is 11.9. The molecular formula is C25H37NO5. The Kier molecular flexibility index (Phi) is 5.60. The molecule has 0 aromatic carbocycles. The summed E-state index contributed by atoms with van der Waals surface area (Å²) in [5, 5.41) is 22.7. The average Bonchev–Trinajstić information content (AvgIpc) is 2.99. The first-order chi connectivity index (χ1) is 14.5. The molecule has 0 aromatic heterocycles. The third kappa shape index (κ3) is 3.46. The van der Waals surface area contributed by atoms with E-state index >= 15 is 0 Å². The summed E-state index contributed by atoms with van der Waals surface area (Å²) in [5.41, 5.74) is 1.26. The van der Waals surface area contributed by atoms with Gasteiger partial charge >= 0.3 is 5.97 Å². The predicted octanol–water partition coefficient (Wildman–Crippen LogP) is 3.33. The van der Waals surface area contributed by atoms with Crippen LogP contribution in [0.25, 0.3) is 0 Å². The second-order valence-corrected chi connectivity index (χ2v) is 11.2. The molecule has 4 aliphatic rings. The standard InChI is InChI=1S/C25H37NO5/c1-13(27)21-18(22(23(30)31)26-14(2)28)12-20-17-6-5-15-11-16(29)7-9-24(15,3)19(17)8-10-25(20,21)4/h5,16-22,29H,6-12H2,1-4H3,(H,26,28)(H,30,31)/t16?,17-,18?,19+,20+,21+,22?,24+,25+/m1/s1. The molecule has 0 spiro atoms. The van der Waals surface area contributed by atoms with Crippen LogP contribution in [-0.2, 0) is 14.4 Å². The van der Waals surface area contributed by atoms with Crippen molar-refractivity contribution in [3.63, 3.8) is 0 Å². The van der Waals surface area contributed by atoms with Crippen molar-refractivity contribution in [2.24, 2.45) is 40.4 Å². The zero-order valence-corrected chi connectivity index (χ0v) is 19.2. The van der Waals surface area contributed by atoms with Gasteiger partial charge in [-0.05, 0) is 80.5 Å². The van der Waals surface area contributed by atoms with E-state index in [9.17, 15) is 24.6 Å². The number of allylic oxidation sites excluding steroid dienone is 1. The van der Waals surface area contributed by atoms with Crippen molar-refractivity contribution < 1.29 is 24.6 Å². The fraction of sp³-hybridized carbons (Fsp3) is 0.800. The van der Waals surface area contributed by atoms with E-state index in [-0.39, 0.29) is 46.4 Å². The molecule has 4 aliphatic carbocycles. The second-order valence-electron chi connectivity index (χ2n) is 11.2.